The van der Waals surface area contributed by atoms with Gasteiger partial charge in [-0.25, -0.2) is 0 Å². The zero-order valence-corrected chi connectivity index (χ0v) is 9.72. The largest absolute Gasteiger partial charge is 0.480 e. The van der Waals surface area contributed by atoms with Crippen LogP contribution in [0.25, 0.3) is 0 Å². The normalized spacial score (nSPS) is 12.1. The minimum atomic E-state index is -1.06. The minimum Gasteiger partial charge on any atom is -0.480 e. The Bertz CT molecular complexity index is 425. The quantitative estimate of drug-likeness (QED) is 0.453. The molecule has 3 N–H and O–H groups in total. The highest BCUT2D eigenvalue weighted by atomic mass is 32.2. The molecule has 0 aliphatic heterocycles. The Balaban J connectivity index is 2.58. The molecular formula is C10H12N2O4S. The smallest absolute Gasteiger partial charge is 0.320 e. The maximum atomic E-state index is 10.7. The van der Waals surface area contributed by atoms with Crippen LogP contribution < -0.4 is 5.73 Å². The van der Waals surface area contributed by atoms with Gasteiger partial charge in [-0.15, -0.1) is 11.8 Å². The summed E-state index contributed by atoms with van der Waals surface area (Å²) >= 11 is 1.24. The number of benzene rings is 1. The van der Waals surface area contributed by atoms with Gasteiger partial charge in [-0.05, 0) is 12.5 Å². The molecule has 0 radical (unpaired) electrons. The second-order valence-corrected chi connectivity index (χ2v) is 4.44. The van der Waals surface area contributed by atoms with Gasteiger partial charge in [0.25, 0.3) is 5.69 Å². The number of thioether (sulfide) groups is 1. The van der Waals surface area contributed by atoms with E-state index in [1.165, 1.54) is 17.8 Å². The Labute approximate surface area is 102 Å². The lowest BCUT2D eigenvalue weighted by molar-refractivity contribution is -0.387. The van der Waals surface area contributed by atoms with Crippen LogP contribution in [0, 0.1) is 10.1 Å². The van der Waals surface area contributed by atoms with Crippen LogP contribution in [-0.2, 0) is 4.79 Å². The van der Waals surface area contributed by atoms with Gasteiger partial charge in [-0.1, -0.05) is 12.1 Å². The highest BCUT2D eigenvalue weighted by molar-refractivity contribution is 7.99. The molecule has 0 heterocycles. The van der Waals surface area contributed by atoms with Crippen molar-refractivity contribution in [1.82, 2.24) is 0 Å². The molecule has 0 amide bonds. The number of carbonyl (C=O) groups is 1. The summed E-state index contributed by atoms with van der Waals surface area (Å²) in [5, 5.41) is 19.3. The molecule has 0 saturated carbocycles. The van der Waals surface area contributed by atoms with Gasteiger partial charge in [-0.3, -0.25) is 14.9 Å². The third-order valence-corrected chi connectivity index (χ3v) is 3.16. The second-order valence-electron chi connectivity index (χ2n) is 3.31. The predicted octanol–water partition coefficient (Wildman–Crippen LogP) is 1.49. The van der Waals surface area contributed by atoms with Gasteiger partial charge in [0.15, 0.2) is 0 Å². The van der Waals surface area contributed by atoms with Gasteiger partial charge >= 0.3 is 5.97 Å². The van der Waals surface area contributed by atoms with Crippen LogP contribution in [0.15, 0.2) is 29.2 Å². The molecule has 1 aromatic carbocycles. The first-order valence-corrected chi connectivity index (χ1v) is 5.85. The predicted molar refractivity (Wildman–Crippen MR) is 64.0 cm³/mol. The van der Waals surface area contributed by atoms with E-state index in [0.29, 0.717) is 10.6 Å². The van der Waals surface area contributed by atoms with Gasteiger partial charge in [-0.2, -0.15) is 0 Å². The van der Waals surface area contributed by atoms with Crippen molar-refractivity contribution in [2.45, 2.75) is 17.4 Å². The summed E-state index contributed by atoms with van der Waals surface area (Å²) in [5.41, 5.74) is 5.36. The number of aliphatic carboxylic acids is 1. The second kappa shape index (κ2) is 6.21. The van der Waals surface area contributed by atoms with E-state index in [0.717, 1.165) is 0 Å². The van der Waals surface area contributed by atoms with Crippen molar-refractivity contribution in [3.63, 3.8) is 0 Å². The van der Waals surface area contributed by atoms with Crippen LogP contribution in [0.1, 0.15) is 6.42 Å². The highest BCUT2D eigenvalue weighted by Gasteiger charge is 2.15. The number of hydrogen-bond donors (Lipinski definition) is 2. The number of carboxylic acids is 1. The van der Waals surface area contributed by atoms with Crippen LogP contribution in [-0.4, -0.2) is 27.8 Å². The molecule has 1 unspecified atom stereocenters. The van der Waals surface area contributed by atoms with E-state index < -0.39 is 16.9 Å². The van der Waals surface area contributed by atoms with E-state index in [9.17, 15) is 14.9 Å². The summed E-state index contributed by atoms with van der Waals surface area (Å²) in [6, 6.07) is 5.41. The topological polar surface area (TPSA) is 106 Å². The number of para-hydroxylation sites is 1. The lowest BCUT2D eigenvalue weighted by Gasteiger charge is -2.06. The Morgan fingerprint density at radius 3 is 2.76 bits per heavy atom. The zero-order valence-electron chi connectivity index (χ0n) is 8.91. The summed E-state index contributed by atoms with van der Waals surface area (Å²) in [7, 11) is 0. The summed E-state index contributed by atoms with van der Waals surface area (Å²) in [5.74, 6) is -0.633. The van der Waals surface area contributed by atoms with Gasteiger partial charge in [0.1, 0.15) is 6.04 Å². The number of hydrogen-bond acceptors (Lipinski definition) is 5. The Kier molecular flexibility index (Phi) is 4.92. The van der Waals surface area contributed by atoms with Crippen LogP contribution >= 0.6 is 11.8 Å². The van der Waals surface area contributed by atoms with E-state index in [1.54, 1.807) is 18.2 Å². The molecule has 7 heteroatoms. The first-order chi connectivity index (χ1) is 8.02. The SMILES string of the molecule is NC(CCSc1ccccc1[N+](=O)[O-])C(=O)O. The first kappa shape index (κ1) is 13.5. The van der Waals surface area contributed by atoms with E-state index in [4.69, 9.17) is 10.8 Å². The molecule has 0 saturated heterocycles. The average Bonchev–Trinajstić information content (AvgIpc) is 2.29. The average molecular weight is 256 g/mol. The summed E-state index contributed by atoms with van der Waals surface area (Å²) in [4.78, 5) is 21.2. The van der Waals surface area contributed by atoms with Crippen molar-refractivity contribution in [1.29, 1.82) is 0 Å². The summed E-state index contributed by atoms with van der Waals surface area (Å²) in [6.45, 7) is 0. The lowest BCUT2D eigenvalue weighted by Crippen LogP contribution is -2.30. The number of nitrogens with zero attached hydrogens (tertiary/aromatic N) is 1. The van der Waals surface area contributed by atoms with Crippen molar-refractivity contribution in [3.8, 4) is 0 Å². The molecule has 6 nitrogen and oxygen atoms in total. The van der Waals surface area contributed by atoms with Crippen LogP contribution in [0.3, 0.4) is 0 Å². The molecule has 1 rings (SSSR count). The van der Waals surface area contributed by atoms with Crippen molar-refractivity contribution in [3.05, 3.63) is 34.4 Å². The van der Waals surface area contributed by atoms with E-state index in [2.05, 4.69) is 0 Å². The summed E-state index contributed by atoms with van der Waals surface area (Å²) < 4.78 is 0. The third kappa shape index (κ3) is 4.04. The summed E-state index contributed by atoms with van der Waals surface area (Å²) in [6.07, 6.45) is 0.270. The van der Waals surface area contributed by atoms with Crippen molar-refractivity contribution >= 4 is 23.4 Å². The molecule has 0 aliphatic rings. The Morgan fingerprint density at radius 1 is 1.53 bits per heavy atom. The van der Waals surface area contributed by atoms with E-state index in [1.807, 2.05) is 0 Å². The molecule has 92 valence electrons. The van der Waals surface area contributed by atoms with Crippen molar-refractivity contribution < 1.29 is 14.8 Å². The molecular weight excluding hydrogens is 244 g/mol. The maximum Gasteiger partial charge on any atom is 0.320 e. The fourth-order valence-electron chi connectivity index (χ4n) is 1.15. The molecule has 0 bridgehead atoms. The van der Waals surface area contributed by atoms with Gasteiger partial charge in [0.2, 0.25) is 0 Å². The fourth-order valence-corrected chi connectivity index (χ4v) is 2.21. The van der Waals surface area contributed by atoms with Gasteiger partial charge in [0.05, 0.1) is 9.82 Å². The van der Waals surface area contributed by atoms with Gasteiger partial charge in [0, 0.05) is 11.8 Å². The van der Waals surface area contributed by atoms with Crippen LogP contribution in [0.2, 0.25) is 0 Å². The number of nitro groups is 1. The molecule has 0 aromatic heterocycles. The standard InChI is InChI=1S/C10H12N2O4S/c11-7(10(13)14)5-6-17-9-4-2-1-3-8(9)12(15)16/h1-4,7H,5-6,11H2,(H,13,14). The van der Waals surface area contributed by atoms with Crippen molar-refractivity contribution in [2.24, 2.45) is 5.73 Å². The molecule has 1 aromatic rings. The van der Waals surface area contributed by atoms with Crippen LogP contribution in [0.4, 0.5) is 5.69 Å². The number of nitro benzene ring substituents is 1. The third-order valence-electron chi connectivity index (χ3n) is 2.07. The molecule has 0 spiro atoms. The molecule has 0 fully saturated rings. The van der Waals surface area contributed by atoms with E-state index >= 15 is 0 Å². The van der Waals surface area contributed by atoms with Gasteiger partial charge < -0.3 is 10.8 Å². The zero-order chi connectivity index (χ0) is 12.8. The molecule has 17 heavy (non-hydrogen) atoms. The monoisotopic (exact) mass is 256 g/mol. The minimum absolute atomic E-state index is 0.0291. The maximum absolute atomic E-state index is 10.7. The Hall–Kier alpha value is -1.60. The van der Waals surface area contributed by atoms with E-state index in [-0.39, 0.29) is 12.1 Å². The highest BCUT2D eigenvalue weighted by Crippen LogP contribution is 2.29. The number of nitrogens with two attached hydrogens (primary N) is 1. The first-order valence-electron chi connectivity index (χ1n) is 4.87. The fraction of sp³-hybridized carbons (Fsp3) is 0.300. The number of rotatable bonds is 6. The lowest BCUT2D eigenvalue weighted by atomic mass is 10.2. The molecule has 1 atom stereocenters. The Morgan fingerprint density at radius 2 is 2.18 bits per heavy atom. The van der Waals surface area contributed by atoms with Crippen molar-refractivity contribution in [2.75, 3.05) is 5.75 Å². The molecule has 0 aliphatic carbocycles. The number of carboxylic acid groups (broad SMARTS) is 1. The van der Waals surface area contributed by atoms with Crippen LogP contribution in [0.5, 0.6) is 0 Å².